The maximum Gasteiger partial charge on any atom is 0.0700 e. The van der Waals surface area contributed by atoms with Crippen LogP contribution in [0.5, 0.6) is 0 Å². The normalized spacial score (nSPS) is 10.0. The molecule has 0 aliphatic carbocycles. The van der Waals surface area contributed by atoms with Gasteiger partial charge in [0.05, 0.1) is 13.2 Å². The molecular weight excluding hydrogens is 116 g/mol. The van der Waals surface area contributed by atoms with Crippen molar-refractivity contribution in [2.45, 2.75) is 19.8 Å². The minimum absolute atomic E-state index is 0.712. The van der Waals surface area contributed by atoms with Crippen molar-refractivity contribution in [3.8, 4) is 0 Å². The van der Waals surface area contributed by atoms with E-state index in [0.29, 0.717) is 6.61 Å². The van der Waals surface area contributed by atoms with Crippen molar-refractivity contribution in [2.75, 3.05) is 26.9 Å². The Morgan fingerprint density at radius 1 is 1.11 bits per heavy atom. The van der Waals surface area contributed by atoms with Crippen LogP contribution < -0.4 is 0 Å². The van der Waals surface area contributed by atoms with Crippen molar-refractivity contribution in [1.29, 1.82) is 0 Å². The SMILES string of the molecule is CCCCOCCOC. The molecule has 0 aliphatic rings. The standard InChI is InChI=1S/C7H16O2/c1-3-4-5-9-7-6-8-2/h3-7H2,1-2H3. The van der Waals surface area contributed by atoms with E-state index in [4.69, 9.17) is 9.47 Å². The molecule has 0 bridgehead atoms. The van der Waals surface area contributed by atoms with E-state index in [1.165, 1.54) is 6.42 Å². The number of ether oxygens (including phenoxy) is 2. The molecule has 0 atom stereocenters. The van der Waals surface area contributed by atoms with Crippen molar-refractivity contribution in [1.82, 2.24) is 0 Å². The Morgan fingerprint density at radius 3 is 2.44 bits per heavy atom. The van der Waals surface area contributed by atoms with Gasteiger partial charge in [-0.1, -0.05) is 13.3 Å². The monoisotopic (exact) mass is 132 g/mol. The Morgan fingerprint density at radius 2 is 1.89 bits per heavy atom. The van der Waals surface area contributed by atoms with Crippen LogP contribution in [-0.2, 0) is 9.47 Å². The first kappa shape index (κ1) is 8.92. The Kier molecular flexibility index (Phi) is 7.85. The molecule has 0 fully saturated rings. The molecule has 9 heavy (non-hydrogen) atoms. The molecule has 0 saturated heterocycles. The Bertz CT molecular complexity index is 40.2. The van der Waals surface area contributed by atoms with Gasteiger partial charge in [0.1, 0.15) is 0 Å². The summed E-state index contributed by atoms with van der Waals surface area (Å²) in [6.45, 7) is 4.47. The van der Waals surface area contributed by atoms with Crippen molar-refractivity contribution >= 4 is 0 Å². The number of methoxy groups -OCH3 is 1. The average Bonchev–Trinajstić information content (AvgIpc) is 1.89. The molecule has 0 amide bonds. The van der Waals surface area contributed by atoms with Crippen LogP contribution in [0.2, 0.25) is 0 Å². The second-order valence-corrected chi connectivity index (χ2v) is 1.96. The van der Waals surface area contributed by atoms with E-state index in [0.717, 1.165) is 19.6 Å². The summed E-state index contributed by atoms with van der Waals surface area (Å²) in [7, 11) is 1.68. The van der Waals surface area contributed by atoms with Crippen molar-refractivity contribution in [3.05, 3.63) is 0 Å². The van der Waals surface area contributed by atoms with Crippen molar-refractivity contribution < 1.29 is 9.47 Å². The molecule has 0 N–H and O–H groups in total. The Hall–Kier alpha value is -0.0800. The Balaban J connectivity index is 2.60. The van der Waals surface area contributed by atoms with E-state index in [1.807, 2.05) is 0 Å². The third kappa shape index (κ3) is 7.92. The van der Waals surface area contributed by atoms with Crippen LogP contribution in [0.3, 0.4) is 0 Å². The van der Waals surface area contributed by atoms with Gasteiger partial charge in [0.25, 0.3) is 0 Å². The van der Waals surface area contributed by atoms with E-state index < -0.39 is 0 Å². The first-order valence-corrected chi connectivity index (χ1v) is 3.48. The molecule has 0 saturated carbocycles. The molecule has 0 heterocycles. The summed E-state index contributed by atoms with van der Waals surface area (Å²) >= 11 is 0. The topological polar surface area (TPSA) is 18.5 Å². The quantitative estimate of drug-likeness (QED) is 0.509. The highest BCUT2D eigenvalue weighted by Crippen LogP contribution is 1.86. The second-order valence-electron chi connectivity index (χ2n) is 1.96. The predicted molar refractivity (Wildman–Crippen MR) is 37.6 cm³/mol. The van der Waals surface area contributed by atoms with Gasteiger partial charge in [-0.2, -0.15) is 0 Å². The minimum atomic E-state index is 0.712. The fourth-order valence-corrected chi connectivity index (χ4v) is 0.491. The van der Waals surface area contributed by atoms with Gasteiger partial charge in [0.15, 0.2) is 0 Å². The van der Waals surface area contributed by atoms with Gasteiger partial charge in [-0.3, -0.25) is 0 Å². The van der Waals surface area contributed by atoms with Crippen LogP contribution in [0.1, 0.15) is 19.8 Å². The molecular formula is C7H16O2. The van der Waals surface area contributed by atoms with Crippen LogP contribution in [0.4, 0.5) is 0 Å². The lowest BCUT2D eigenvalue weighted by atomic mass is 10.4. The summed E-state index contributed by atoms with van der Waals surface area (Å²) in [4.78, 5) is 0. The van der Waals surface area contributed by atoms with Gasteiger partial charge >= 0.3 is 0 Å². The van der Waals surface area contributed by atoms with E-state index in [9.17, 15) is 0 Å². The number of hydrogen-bond acceptors (Lipinski definition) is 2. The van der Waals surface area contributed by atoms with Gasteiger partial charge in [-0.05, 0) is 6.42 Å². The largest absolute Gasteiger partial charge is 0.382 e. The summed E-state index contributed by atoms with van der Waals surface area (Å²) in [5.74, 6) is 0. The summed E-state index contributed by atoms with van der Waals surface area (Å²) in [6, 6.07) is 0. The number of hydrogen-bond donors (Lipinski definition) is 0. The summed E-state index contributed by atoms with van der Waals surface area (Å²) < 4.78 is 9.99. The molecule has 0 aromatic heterocycles. The third-order valence-corrected chi connectivity index (χ3v) is 1.07. The second kappa shape index (κ2) is 7.92. The molecule has 0 radical (unpaired) electrons. The van der Waals surface area contributed by atoms with E-state index in [-0.39, 0.29) is 0 Å². The van der Waals surface area contributed by atoms with Gasteiger partial charge in [0, 0.05) is 13.7 Å². The zero-order valence-electron chi connectivity index (χ0n) is 6.35. The van der Waals surface area contributed by atoms with Crippen LogP contribution >= 0.6 is 0 Å². The smallest absolute Gasteiger partial charge is 0.0700 e. The molecule has 0 aromatic carbocycles. The van der Waals surface area contributed by atoms with Crippen LogP contribution in [-0.4, -0.2) is 26.9 Å². The number of rotatable bonds is 6. The fourth-order valence-electron chi connectivity index (χ4n) is 0.491. The highest BCUT2D eigenvalue weighted by Gasteiger charge is 1.84. The van der Waals surface area contributed by atoms with E-state index in [1.54, 1.807) is 7.11 Å². The van der Waals surface area contributed by atoms with E-state index >= 15 is 0 Å². The first-order chi connectivity index (χ1) is 4.41. The summed E-state index contributed by atoms with van der Waals surface area (Å²) in [5, 5.41) is 0. The highest BCUT2D eigenvalue weighted by atomic mass is 16.5. The molecule has 0 unspecified atom stereocenters. The van der Waals surface area contributed by atoms with Gasteiger partial charge < -0.3 is 9.47 Å². The molecule has 0 aliphatic heterocycles. The van der Waals surface area contributed by atoms with Crippen LogP contribution in [0.15, 0.2) is 0 Å². The number of unbranched alkanes of at least 4 members (excludes halogenated alkanes) is 1. The maximum absolute atomic E-state index is 5.19. The van der Waals surface area contributed by atoms with Crippen molar-refractivity contribution in [3.63, 3.8) is 0 Å². The fraction of sp³-hybridized carbons (Fsp3) is 1.00. The van der Waals surface area contributed by atoms with Crippen LogP contribution in [0, 0.1) is 0 Å². The molecule has 0 aromatic rings. The molecule has 2 nitrogen and oxygen atoms in total. The summed E-state index contributed by atoms with van der Waals surface area (Å²) in [5.41, 5.74) is 0. The predicted octanol–water partition coefficient (Wildman–Crippen LogP) is 1.45. The minimum Gasteiger partial charge on any atom is -0.382 e. The molecule has 0 rings (SSSR count). The zero-order chi connectivity index (χ0) is 6.95. The average molecular weight is 132 g/mol. The third-order valence-electron chi connectivity index (χ3n) is 1.07. The maximum atomic E-state index is 5.19. The van der Waals surface area contributed by atoms with Gasteiger partial charge in [0.2, 0.25) is 0 Å². The molecule has 0 spiro atoms. The lowest BCUT2D eigenvalue weighted by molar-refractivity contribution is 0.0692. The van der Waals surface area contributed by atoms with Crippen molar-refractivity contribution in [2.24, 2.45) is 0 Å². The summed E-state index contributed by atoms with van der Waals surface area (Å²) in [6.07, 6.45) is 2.36. The highest BCUT2D eigenvalue weighted by molar-refractivity contribution is 4.31. The van der Waals surface area contributed by atoms with Gasteiger partial charge in [-0.15, -0.1) is 0 Å². The van der Waals surface area contributed by atoms with E-state index in [2.05, 4.69) is 6.92 Å². The lowest BCUT2D eigenvalue weighted by Crippen LogP contribution is -2.02. The lowest BCUT2D eigenvalue weighted by Gasteiger charge is -2.00. The van der Waals surface area contributed by atoms with Gasteiger partial charge in [-0.25, -0.2) is 0 Å². The van der Waals surface area contributed by atoms with Crippen LogP contribution in [0.25, 0.3) is 0 Å². The molecule has 2 heteroatoms. The zero-order valence-corrected chi connectivity index (χ0v) is 6.35. The first-order valence-electron chi connectivity index (χ1n) is 3.48. The molecule has 56 valence electrons. The Labute approximate surface area is 57.2 Å².